The van der Waals surface area contributed by atoms with Gasteiger partial charge in [-0.1, -0.05) is 12.8 Å². The number of alkyl halides is 1. The number of rotatable bonds is 23. The Hall–Kier alpha value is -2.71. The summed E-state index contributed by atoms with van der Waals surface area (Å²) in [6, 6.07) is 4.99. The zero-order valence-electron chi connectivity index (χ0n) is 21.4. The van der Waals surface area contributed by atoms with Crippen molar-refractivity contribution in [3.8, 4) is 5.75 Å². The molecular weight excluding hydrogens is 528 g/mol. The fourth-order valence-electron chi connectivity index (χ4n) is 2.89. The van der Waals surface area contributed by atoms with E-state index in [0.29, 0.717) is 25.7 Å². The predicted molar refractivity (Wildman–Crippen MR) is 137 cm³/mol. The molecule has 0 radical (unpaired) electrons. The summed E-state index contributed by atoms with van der Waals surface area (Å²) >= 11 is 5.62. The van der Waals surface area contributed by atoms with Gasteiger partial charge in [0.15, 0.2) is 0 Å². The molecule has 0 aliphatic carbocycles. The second-order valence-electron chi connectivity index (χ2n) is 7.77. The molecule has 13 nitrogen and oxygen atoms in total. The summed E-state index contributed by atoms with van der Waals surface area (Å²) in [4.78, 5) is 34.2. The molecule has 38 heavy (non-hydrogen) atoms. The van der Waals surface area contributed by atoms with Gasteiger partial charge in [-0.15, -0.1) is 11.6 Å². The summed E-state index contributed by atoms with van der Waals surface area (Å²) in [5.41, 5.74) is -0.122. The van der Waals surface area contributed by atoms with Crippen LogP contribution in [0.1, 0.15) is 25.7 Å². The minimum absolute atomic E-state index is 0.0573. The quantitative estimate of drug-likeness (QED) is 0.0512. The van der Waals surface area contributed by atoms with Crippen LogP contribution in [-0.2, 0) is 23.7 Å². The van der Waals surface area contributed by atoms with Gasteiger partial charge in [0.1, 0.15) is 12.4 Å². The molecule has 0 saturated heterocycles. The standard InChI is InChI=1S/C24H37ClN2O11/c25-9-3-1-2-4-12-33-15-16-34-13-10-26(23(28)29)11-14-35-17-18-36-19-20-37-24(30)38-22-7-5-21(6-8-22)27(31)32/h5-8H,1-4,9-20H2,(H,28,29). The van der Waals surface area contributed by atoms with Gasteiger partial charge in [-0.2, -0.15) is 0 Å². The maximum Gasteiger partial charge on any atom is 0.513 e. The second kappa shape index (κ2) is 22.3. The van der Waals surface area contributed by atoms with Crippen LogP contribution < -0.4 is 4.74 Å². The Morgan fingerprint density at radius 3 is 1.87 bits per heavy atom. The number of amides is 1. The van der Waals surface area contributed by atoms with Gasteiger partial charge >= 0.3 is 12.2 Å². The summed E-state index contributed by atoms with van der Waals surface area (Å²) in [6.45, 7) is 2.94. The lowest BCUT2D eigenvalue weighted by Gasteiger charge is -2.19. The highest BCUT2D eigenvalue weighted by atomic mass is 35.5. The number of nitrogens with zero attached hydrogens (tertiary/aromatic N) is 2. The smallest absolute Gasteiger partial charge is 0.465 e. The molecule has 0 aliphatic rings. The Kier molecular flexibility index (Phi) is 19.5. The van der Waals surface area contributed by atoms with Crippen LogP contribution in [0.15, 0.2) is 24.3 Å². The fourth-order valence-corrected chi connectivity index (χ4v) is 3.08. The first-order valence-electron chi connectivity index (χ1n) is 12.4. The van der Waals surface area contributed by atoms with Crippen molar-refractivity contribution in [3.63, 3.8) is 0 Å². The second-order valence-corrected chi connectivity index (χ2v) is 8.15. The molecule has 0 unspecified atom stereocenters. The van der Waals surface area contributed by atoms with E-state index < -0.39 is 17.2 Å². The van der Waals surface area contributed by atoms with E-state index in [9.17, 15) is 24.8 Å². The molecule has 0 fully saturated rings. The highest BCUT2D eigenvalue weighted by Gasteiger charge is 2.11. The van der Waals surface area contributed by atoms with Crippen molar-refractivity contribution in [3.05, 3.63) is 34.4 Å². The van der Waals surface area contributed by atoms with E-state index in [0.717, 1.165) is 25.7 Å². The fraction of sp³-hybridized carbons (Fsp3) is 0.667. The molecule has 1 aromatic carbocycles. The van der Waals surface area contributed by atoms with Crippen molar-refractivity contribution in [2.24, 2.45) is 0 Å². The molecule has 1 rings (SSSR count). The molecule has 216 valence electrons. The number of carbonyl (C=O) groups is 2. The van der Waals surface area contributed by atoms with Crippen molar-refractivity contribution >= 4 is 29.5 Å². The maximum absolute atomic E-state index is 11.6. The molecule has 1 amide bonds. The first kappa shape index (κ1) is 33.3. The van der Waals surface area contributed by atoms with Crippen LogP contribution in [-0.4, -0.2) is 106 Å². The number of hydrogen-bond acceptors (Lipinski definition) is 10. The summed E-state index contributed by atoms with van der Waals surface area (Å²) in [7, 11) is 0. The highest BCUT2D eigenvalue weighted by molar-refractivity contribution is 6.17. The molecule has 0 aliphatic heterocycles. The number of benzene rings is 1. The van der Waals surface area contributed by atoms with Gasteiger partial charge in [0.25, 0.3) is 5.69 Å². The summed E-state index contributed by atoms with van der Waals surface area (Å²) in [5.74, 6) is 0.808. The van der Waals surface area contributed by atoms with Crippen molar-refractivity contribution in [1.82, 2.24) is 4.90 Å². The van der Waals surface area contributed by atoms with E-state index in [1.807, 2.05) is 0 Å². The minimum Gasteiger partial charge on any atom is -0.465 e. The summed E-state index contributed by atoms with van der Waals surface area (Å²) in [5, 5.41) is 19.9. The number of ether oxygens (including phenoxy) is 6. The number of unbranched alkanes of at least 4 members (excludes halogenated alkanes) is 3. The monoisotopic (exact) mass is 564 g/mol. The Morgan fingerprint density at radius 2 is 1.32 bits per heavy atom. The molecule has 14 heteroatoms. The molecule has 0 bridgehead atoms. The van der Waals surface area contributed by atoms with E-state index in [1.165, 1.54) is 29.2 Å². The van der Waals surface area contributed by atoms with Gasteiger partial charge in [-0.05, 0) is 25.0 Å². The third-order valence-electron chi connectivity index (χ3n) is 4.89. The van der Waals surface area contributed by atoms with E-state index in [-0.39, 0.29) is 64.2 Å². The average Bonchev–Trinajstić information content (AvgIpc) is 2.89. The lowest BCUT2D eigenvalue weighted by atomic mass is 10.2. The van der Waals surface area contributed by atoms with Gasteiger partial charge in [0, 0.05) is 37.7 Å². The number of nitro groups is 1. The Morgan fingerprint density at radius 1 is 0.789 bits per heavy atom. The summed E-state index contributed by atoms with van der Waals surface area (Å²) < 4.78 is 31.3. The Balaban J connectivity index is 1.96. The molecule has 0 saturated carbocycles. The normalized spacial score (nSPS) is 10.8. The summed E-state index contributed by atoms with van der Waals surface area (Å²) in [6.07, 6.45) is 2.19. The molecule has 0 atom stereocenters. The van der Waals surface area contributed by atoms with Gasteiger partial charge in [-0.3, -0.25) is 10.1 Å². The van der Waals surface area contributed by atoms with Gasteiger partial charge in [0.05, 0.1) is 51.2 Å². The lowest BCUT2D eigenvalue weighted by molar-refractivity contribution is -0.384. The highest BCUT2D eigenvalue weighted by Crippen LogP contribution is 2.17. The largest absolute Gasteiger partial charge is 0.513 e. The van der Waals surface area contributed by atoms with Crippen molar-refractivity contribution in [2.45, 2.75) is 25.7 Å². The molecule has 0 heterocycles. The third-order valence-corrected chi connectivity index (χ3v) is 5.16. The third kappa shape index (κ3) is 17.7. The van der Waals surface area contributed by atoms with Crippen LogP contribution in [0.2, 0.25) is 0 Å². The minimum atomic E-state index is -1.06. The Labute approximate surface area is 227 Å². The van der Waals surface area contributed by atoms with E-state index in [2.05, 4.69) is 0 Å². The molecule has 0 aromatic heterocycles. The van der Waals surface area contributed by atoms with Crippen molar-refractivity contribution < 1.29 is 48.0 Å². The SMILES string of the molecule is O=C(OCCOCCOCCN(CCOCCOCCCCCCCl)C(=O)O)Oc1ccc([N+](=O)[O-])cc1. The Bertz CT molecular complexity index is 783. The van der Waals surface area contributed by atoms with E-state index >= 15 is 0 Å². The van der Waals surface area contributed by atoms with Crippen molar-refractivity contribution in [1.29, 1.82) is 0 Å². The lowest BCUT2D eigenvalue weighted by Crippen LogP contribution is -2.35. The predicted octanol–water partition coefficient (Wildman–Crippen LogP) is 3.96. The van der Waals surface area contributed by atoms with Gasteiger partial charge < -0.3 is 38.4 Å². The van der Waals surface area contributed by atoms with Crippen LogP contribution in [0.3, 0.4) is 0 Å². The van der Waals surface area contributed by atoms with Crippen LogP contribution in [0.25, 0.3) is 0 Å². The number of carbonyl (C=O) groups excluding carboxylic acids is 1. The molecule has 1 N–H and O–H groups in total. The zero-order chi connectivity index (χ0) is 27.8. The average molecular weight is 565 g/mol. The van der Waals surface area contributed by atoms with Gasteiger partial charge in [-0.25, -0.2) is 9.59 Å². The van der Waals surface area contributed by atoms with E-state index in [1.54, 1.807) is 0 Å². The number of non-ortho nitro benzene ring substituents is 1. The number of carboxylic acid groups (broad SMARTS) is 1. The van der Waals surface area contributed by atoms with Crippen LogP contribution in [0.4, 0.5) is 15.3 Å². The molecule has 0 spiro atoms. The zero-order valence-corrected chi connectivity index (χ0v) is 22.2. The molecular formula is C24H37ClN2O11. The topological polar surface area (TPSA) is 156 Å². The number of hydrogen-bond donors (Lipinski definition) is 1. The number of halogens is 1. The molecule has 1 aromatic rings. The first-order chi connectivity index (χ1) is 18.4. The van der Waals surface area contributed by atoms with Crippen molar-refractivity contribution in [2.75, 3.05) is 78.4 Å². The van der Waals surface area contributed by atoms with Gasteiger partial charge in [0.2, 0.25) is 0 Å². The van der Waals surface area contributed by atoms with Crippen LogP contribution in [0, 0.1) is 10.1 Å². The van der Waals surface area contributed by atoms with Crippen LogP contribution >= 0.6 is 11.6 Å². The first-order valence-corrected chi connectivity index (χ1v) is 12.9. The maximum atomic E-state index is 11.6. The number of nitro benzene ring substituents is 1. The van der Waals surface area contributed by atoms with E-state index in [4.69, 9.17) is 40.0 Å². The van der Waals surface area contributed by atoms with Crippen LogP contribution in [0.5, 0.6) is 5.75 Å².